The first-order valence-corrected chi connectivity index (χ1v) is 5.23. The third-order valence-corrected chi connectivity index (χ3v) is 3.08. The largest absolute Gasteiger partial charge is 0.395 e. The number of hydrogen-bond donors (Lipinski definition) is 1. The van der Waals surface area contributed by atoms with E-state index >= 15 is 0 Å². The normalized spacial score (nSPS) is 30.9. The highest BCUT2D eigenvalue weighted by Crippen LogP contribution is 2.12. The number of aliphatic hydroxyl groups excluding tert-OH is 1. The molecule has 2 atom stereocenters. The van der Waals surface area contributed by atoms with Gasteiger partial charge in [-0.1, -0.05) is 0 Å². The highest BCUT2D eigenvalue weighted by Gasteiger charge is 2.28. The molecule has 0 bridgehead atoms. The summed E-state index contributed by atoms with van der Waals surface area (Å²) in [6, 6.07) is 0.786. The van der Waals surface area contributed by atoms with Crippen LogP contribution in [0.25, 0.3) is 0 Å². The van der Waals surface area contributed by atoms with E-state index in [0.29, 0.717) is 6.04 Å². The van der Waals surface area contributed by atoms with Gasteiger partial charge in [-0.2, -0.15) is 0 Å². The molecule has 0 saturated carbocycles. The molecule has 2 unspecified atom stereocenters. The van der Waals surface area contributed by atoms with Gasteiger partial charge in [-0.05, 0) is 14.0 Å². The van der Waals surface area contributed by atoms with E-state index < -0.39 is 0 Å². The number of methoxy groups -OCH3 is 1. The van der Waals surface area contributed by atoms with Crippen LogP contribution < -0.4 is 0 Å². The first-order valence-electron chi connectivity index (χ1n) is 5.23. The fourth-order valence-corrected chi connectivity index (χ4v) is 1.95. The maximum Gasteiger partial charge on any atom is 0.0599 e. The highest BCUT2D eigenvalue weighted by molar-refractivity contribution is 4.84. The Bertz CT molecular complexity index is 166. The molecule has 1 saturated heterocycles. The molecular weight excluding hydrogens is 180 g/mol. The lowest BCUT2D eigenvalue weighted by Crippen LogP contribution is -2.57. The van der Waals surface area contributed by atoms with Gasteiger partial charge in [0.15, 0.2) is 0 Å². The van der Waals surface area contributed by atoms with Gasteiger partial charge in [0.05, 0.1) is 13.2 Å². The van der Waals surface area contributed by atoms with Crippen LogP contribution in [0.4, 0.5) is 0 Å². The van der Waals surface area contributed by atoms with Gasteiger partial charge >= 0.3 is 0 Å². The van der Waals surface area contributed by atoms with Crippen LogP contribution in [-0.4, -0.2) is 74.0 Å². The van der Waals surface area contributed by atoms with Crippen molar-refractivity contribution in [2.45, 2.75) is 19.0 Å². The topological polar surface area (TPSA) is 35.9 Å². The summed E-state index contributed by atoms with van der Waals surface area (Å²) in [7, 11) is 3.81. The summed E-state index contributed by atoms with van der Waals surface area (Å²) in [4.78, 5) is 4.61. The SMILES string of the molecule is COCCN1CC(C)N(C)C(CO)C1. The zero-order chi connectivity index (χ0) is 10.6. The maximum atomic E-state index is 9.22. The molecule has 1 heterocycles. The van der Waals surface area contributed by atoms with E-state index in [4.69, 9.17) is 4.74 Å². The Hall–Kier alpha value is -0.160. The van der Waals surface area contributed by atoms with Crippen molar-refractivity contribution < 1.29 is 9.84 Å². The summed E-state index contributed by atoms with van der Waals surface area (Å²) >= 11 is 0. The van der Waals surface area contributed by atoms with Crippen LogP contribution in [0.2, 0.25) is 0 Å². The van der Waals surface area contributed by atoms with Crippen LogP contribution in [0.1, 0.15) is 6.92 Å². The van der Waals surface area contributed by atoms with Crippen LogP contribution in [0, 0.1) is 0 Å². The Morgan fingerprint density at radius 2 is 2.14 bits per heavy atom. The average molecular weight is 202 g/mol. The Balaban J connectivity index is 2.41. The molecule has 4 heteroatoms. The predicted octanol–water partition coefficient (Wildman–Crippen LogP) is -0.370. The molecule has 0 aromatic rings. The van der Waals surface area contributed by atoms with Crippen LogP contribution >= 0.6 is 0 Å². The molecular formula is C10H22N2O2. The monoisotopic (exact) mass is 202 g/mol. The van der Waals surface area contributed by atoms with Crippen molar-refractivity contribution in [3.63, 3.8) is 0 Å². The second-order valence-electron chi connectivity index (χ2n) is 4.10. The second kappa shape index (κ2) is 5.66. The number of nitrogens with zero attached hydrogens (tertiary/aromatic N) is 2. The van der Waals surface area contributed by atoms with Crippen molar-refractivity contribution in [3.8, 4) is 0 Å². The van der Waals surface area contributed by atoms with Crippen LogP contribution in [0.3, 0.4) is 0 Å². The van der Waals surface area contributed by atoms with E-state index in [9.17, 15) is 5.11 Å². The summed E-state index contributed by atoms with van der Waals surface area (Å²) in [5.41, 5.74) is 0. The molecule has 1 aliphatic rings. The Morgan fingerprint density at radius 1 is 1.43 bits per heavy atom. The van der Waals surface area contributed by atoms with Crippen molar-refractivity contribution in [2.75, 3.05) is 47.0 Å². The molecule has 0 aromatic carbocycles. The molecule has 14 heavy (non-hydrogen) atoms. The molecule has 0 spiro atoms. The van der Waals surface area contributed by atoms with E-state index in [1.54, 1.807) is 7.11 Å². The number of hydrogen-bond acceptors (Lipinski definition) is 4. The van der Waals surface area contributed by atoms with Gasteiger partial charge in [-0.3, -0.25) is 9.80 Å². The first kappa shape index (κ1) is 11.9. The minimum atomic E-state index is 0.240. The standard InChI is InChI=1S/C10H22N2O2/c1-9-6-12(4-5-14-3)7-10(8-13)11(9)2/h9-10,13H,4-8H2,1-3H3. The summed E-state index contributed by atoms with van der Waals surface area (Å²) in [6.07, 6.45) is 0. The lowest BCUT2D eigenvalue weighted by atomic mass is 10.1. The average Bonchev–Trinajstić information content (AvgIpc) is 2.19. The Morgan fingerprint density at radius 3 is 2.71 bits per heavy atom. The molecule has 0 aliphatic carbocycles. The molecule has 0 amide bonds. The van der Waals surface area contributed by atoms with E-state index in [-0.39, 0.29) is 12.6 Å². The lowest BCUT2D eigenvalue weighted by Gasteiger charge is -2.43. The molecule has 1 aliphatic heterocycles. The summed E-state index contributed by atoms with van der Waals surface area (Å²) in [5.74, 6) is 0. The van der Waals surface area contributed by atoms with Crippen LogP contribution in [0.5, 0.6) is 0 Å². The highest BCUT2D eigenvalue weighted by atomic mass is 16.5. The quantitative estimate of drug-likeness (QED) is 0.675. The second-order valence-corrected chi connectivity index (χ2v) is 4.10. The number of rotatable bonds is 4. The van der Waals surface area contributed by atoms with Crippen molar-refractivity contribution in [2.24, 2.45) is 0 Å². The Kier molecular flexibility index (Phi) is 4.81. The van der Waals surface area contributed by atoms with Gasteiger partial charge in [0.2, 0.25) is 0 Å². The summed E-state index contributed by atoms with van der Waals surface area (Å²) in [6.45, 7) is 6.18. The van der Waals surface area contributed by atoms with Gasteiger partial charge in [0.1, 0.15) is 0 Å². The fourth-order valence-electron chi connectivity index (χ4n) is 1.95. The molecule has 1 rings (SSSR count). The molecule has 0 radical (unpaired) electrons. The minimum absolute atomic E-state index is 0.240. The molecule has 0 aromatic heterocycles. The molecule has 1 N–H and O–H groups in total. The Labute approximate surface area is 86.4 Å². The first-order chi connectivity index (χ1) is 6.69. The summed E-state index contributed by atoms with van der Waals surface area (Å²) in [5, 5.41) is 9.22. The predicted molar refractivity (Wildman–Crippen MR) is 56.4 cm³/mol. The minimum Gasteiger partial charge on any atom is -0.395 e. The molecule has 84 valence electrons. The van der Waals surface area contributed by atoms with Gasteiger partial charge in [-0.15, -0.1) is 0 Å². The van der Waals surface area contributed by atoms with Gasteiger partial charge in [0.25, 0.3) is 0 Å². The lowest BCUT2D eigenvalue weighted by molar-refractivity contribution is 0.0126. The fraction of sp³-hybridized carbons (Fsp3) is 1.00. The molecule has 4 nitrogen and oxygen atoms in total. The third-order valence-electron chi connectivity index (χ3n) is 3.08. The van der Waals surface area contributed by atoms with Crippen LogP contribution in [0.15, 0.2) is 0 Å². The molecule has 1 fully saturated rings. The van der Waals surface area contributed by atoms with E-state index in [1.165, 1.54) is 0 Å². The van der Waals surface area contributed by atoms with Gasteiger partial charge < -0.3 is 9.84 Å². The van der Waals surface area contributed by atoms with Gasteiger partial charge in [-0.25, -0.2) is 0 Å². The maximum absolute atomic E-state index is 9.22. The van der Waals surface area contributed by atoms with Crippen molar-refractivity contribution in [3.05, 3.63) is 0 Å². The van der Waals surface area contributed by atoms with E-state index in [0.717, 1.165) is 26.2 Å². The smallest absolute Gasteiger partial charge is 0.0599 e. The van der Waals surface area contributed by atoms with Crippen molar-refractivity contribution >= 4 is 0 Å². The van der Waals surface area contributed by atoms with Crippen LogP contribution in [-0.2, 0) is 4.74 Å². The van der Waals surface area contributed by atoms with Gasteiger partial charge in [0, 0.05) is 38.8 Å². The number of piperazine rings is 1. The van der Waals surface area contributed by atoms with E-state index in [1.807, 2.05) is 0 Å². The van der Waals surface area contributed by atoms with E-state index in [2.05, 4.69) is 23.8 Å². The summed E-state index contributed by atoms with van der Waals surface area (Å²) < 4.78 is 5.06. The third kappa shape index (κ3) is 2.92. The van der Waals surface area contributed by atoms with Crippen molar-refractivity contribution in [1.82, 2.24) is 9.80 Å². The zero-order valence-corrected chi connectivity index (χ0v) is 9.44. The zero-order valence-electron chi connectivity index (χ0n) is 9.44. The number of aliphatic hydroxyl groups is 1. The number of likely N-dealkylation sites (N-methyl/N-ethyl adjacent to an activating group) is 1. The number of ether oxygens (including phenoxy) is 1. The van der Waals surface area contributed by atoms with Crippen molar-refractivity contribution in [1.29, 1.82) is 0 Å².